The molecule has 1 amide bonds. The Kier molecular flexibility index (Phi) is 7.04. The Hall–Kier alpha value is -2.81. The SMILES string of the molecule is CC/C=C/N=C1\NC(=O)OC\C1=C(\C)c1cc(C(C)(F)F)cc(N2CCNC(C)C2)n1. The molecule has 168 valence electrons. The summed E-state index contributed by atoms with van der Waals surface area (Å²) < 4.78 is 33.7. The number of rotatable bonds is 5. The first-order valence-corrected chi connectivity index (χ1v) is 10.4. The van der Waals surface area contributed by atoms with Crippen LogP contribution in [0.4, 0.5) is 19.4 Å². The molecular weight excluding hydrogens is 404 g/mol. The summed E-state index contributed by atoms with van der Waals surface area (Å²) in [6, 6.07) is 3.08. The van der Waals surface area contributed by atoms with Crippen molar-refractivity contribution in [2.75, 3.05) is 31.1 Å². The number of amidine groups is 1. The predicted octanol–water partition coefficient (Wildman–Crippen LogP) is 3.83. The number of alkyl carbamates (subject to hydrolysis) is 1. The first-order valence-electron chi connectivity index (χ1n) is 10.4. The number of carbonyl (C=O) groups is 1. The maximum absolute atomic E-state index is 14.3. The molecule has 1 unspecified atom stereocenters. The highest BCUT2D eigenvalue weighted by Gasteiger charge is 2.29. The first kappa shape index (κ1) is 22.9. The molecule has 2 fully saturated rings. The standard InChI is InChI=1S/C22H29F2N5O2/c1-5-6-7-26-20-17(13-31-21(30)28-20)15(3)18-10-16(22(4,23)24)11-19(27-18)29-9-8-25-14(2)12-29/h6-7,10-11,14,25H,5,8-9,12-13H2,1-4H3,(H,26,28,30)/b7-6+,17-15+. The number of amides is 1. The summed E-state index contributed by atoms with van der Waals surface area (Å²) >= 11 is 0. The third kappa shape index (κ3) is 5.66. The van der Waals surface area contributed by atoms with Crippen molar-refractivity contribution < 1.29 is 18.3 Å². The largest absolute Gasteiger partial charge is 0.444 e. The molecule has 0 saturated carbocycles. The van der Waals surface area contributed by atoms with Gasteiger partial charge in [-0.2, -0.15) is 0 Å². The van der Waals surface area contributed by atoms with E-state index in [-0.39, 0.29) is 18.2 Å². The van der Waals surface area contributed by atoms with Gasteiger partial charge in [-0.3, -0.25) is 5.32 Å². The molecule has 31 heavy (non-hydrogen) atoms. The van der Waals surface area contributed by atoms with Crippen molar-refractivity contribution in [3.05, 3.63) is 41.2 Å². The summed E-state index contributed by atoms with van der Waals surface area (Å²) in [5.74, 6) is -2.17. The number of ether oxygens (including phenoxy) is 1. The van der Waals surface area contributed by atoms with Crippen molar-refractivity contribution in [1.82, 2.24) is 15.6 Å². The molecule has 0 aromatic carbocycles. The number of nitrogens with one attached hydrogen (secondary N) is 2. The van der Waals surface area contributed by atoms with Crippen molar-refractivity contribution in [1.29, 1.82) is 0 Å². The number of halogens is 2. The van der Waals surface area contributed by atoms with Gasteiger partial charge in [0.25, 0.3) is 5.92 Å². The van der Waals surface area contributed by atoms with E-state index in [1.807, 2.05) is 24.8 Å². The lowest BCUT2D eigenvalue weighted by atomic mass is 10.0. The second kappa shape index (κ2) is 9.55. The zero-order valence-electron chi connectivity index (χ0n) is 18.3. The molecule has 7 nitrogen and oxygen atoms in total. The van der Waals surface area contributed by atoms with Crippen molar-refractivity contribution in [3.63, 3.8) is 0 Å². The number of piperazine rings is 1. The number of pyridine rings is 1. The van der Waals surface area contributed by atoms with E-state index in [9.17, 15) is 13.6 Å². The summed E-state index contributed by atoms with van der Waals surface area (Å²) in [4.78, 5) is 22.7. The second-order valence-electron chi connectivity index (χ2n) is 7.86. The summed E-state index contributed by atoms with van der Waals surface area (Å²) in [7, 11) is 0. The average molecular weight is 434 g/mol. The van der Waals surface area contributed by atoms with Gasteiger partial charge in [0.05, 0.1) is 5.69 Å². The van der Waals surface area contributed by atoms with Gasteiger partial charge in [-0.05, 0) is 38.0 Å². The van der Waals surface area contributed by atoms with Crippen molar-refractivity contribution in [2.24, 2.45) is 4.99 Å². The normalized spacial score (nSPS) is 23.2. The lowest BCUT2D eigenvalue weighted by Crippen LogP contribution is -2.49. The molecule has 9 heteroatoms. The summed E-state index contributed by atoms with van der Waals surface area (Å²) in [6.07, 6.45) is 3.64. The molecule has 1 aromatic heterocycles. The van der Waals surface area contributed by atoms with E-state index in [4.69, 9.17) is 9.72 Å². The van der Waals surface area contributed by atoms with Gasteiger partial charge in [-0.25, -0.2) is 23.6 Å². The Bertz CT molecular complexity index is 921. The maximum atomic E-state index is 14.3. The number of carbonyl (C=O) groups excluding carboxylic acids is 1. The van der Waals surface area contributed by atoms with E-state index in [1.165, 1.54) is 12.1 Å². The molecule has 1 atom stereocenters. The number of nitrogens with zero attached hydrogens (tertiary/aromatic N) is 3. The van der Waals surface area contributed by atoms with E-state index in [0.29, 0.717) is 41.6 Å². The van der Waals surface area contributed by atoms with Crippen LogP contribution in [-0.4, -0.2) is 49.2 Å². The number of hydrogen-bond acceptors (Lipinski definition) is 6. The third-order valence-corrected chi connectivity index (χ3v) is 5.25. The van der Waals surface area contributed by atoms with Crippen LogP contribution >= 0.6 is 0 Å². The van der Waals surface area contributed by atoms with Gasteiger partial charge in [0.2, 0.25) is 0 Å². The Morgan fingerprint density at radius 1 is 1.45 bits per heavy atom. The minimum Gasteiger partial charge on any atom is -0.444 e. The Morgan fingerprint density at radius 2 is 2.23 bits per heavy atom. The highest BCUT2D eigenvalue weighted by Crippen LogP contribution is 2.32. The molecule has 2 N–H and O–H groups in total. The number of anilines is 1. The Labute approximate surface area is 181 Å². The van der Waals surface area contributed by atoms with Crippen molar-refractivity contribution in [3.8, 4) is 0 Å². The molecule has 2 aliphatic rings. The topological polar surface area (TPSA) is 78.8 Å². The molecule has 3 heterocycles. The van der Waals surface area contributed by atoms with Gasteiger partial charge in [0, 0.05) is 49.9 Å². The van der Waals surface area contributed by atoms with Crippen LogP contribution < -0.4 is 15.5 Å². The van der Waals surface area contributed by atoms with Crippen molar-refractivity contribution in [2.45, 2.75) is 46.1 Å². The van der Waals surface area contributed by atoms with E-state index < -0.39 is 12.0 Å². The fourth-order valence-corrected chi connectivity index (χ4v) is 3.46. The minimum absolute atomic E-state index is 0.00904. The fraction of sp³-hybridized carbons (Fsp3) is 0.500. The lowest BCUT2D eigenvalue weighted by Gasteiger charge is -2.33. The van der Waals surface area contributed by atoms with E-state index in [1.54, 1.807) is 13.1 Å². The summed E-state index contributed by atoms with van der Waals surface area (Å²) in [6.45, 7) is 8.78. The molecule has 0 bridgehead atoms. The maximum Gasteiger partial charge on any atom is 0.413 e. The molecule has 3 rings (SSSR count). The van der Waals surface area contributed by atoms with E-state index in [2.05, 4.69) is 15.6 Å². The second-order valence-corrected chi connectivity index (χ2v) is 7.86. The number of allylic oxidation sites excluding steroid dienone is 2. The predicted molar refractivity (Wildman–Crippen MR) is 117 cm³/mol. The van der Waals surface area contributed by atoms with E-state index in [0.717, 1.165) is 19.9 Å². The highest BCUT2D eigenvalue weighted by molar-refractivity contribution is 6.12. The Morgan fingerprint density at radius 3 is 2.90 bits per heavy atom. The number of hydrogen-bond donors (Lipinski definition) is 2. The average Bonchev–Trinajstić information content (AvgIpc) is 2.73. The zero-order chi connectivity index (χ0) is 22.6. The highest BCUT2D eigenvalue weighted by atomic mass is 19.3. The molecule has 0 spiro atoms. The summed E-state index contributed by atoms with van der Waals surface area (Å²) in [5, 5.41) is 5.93. The fourth-order valence-electron chi connectivity index (χ4n) is 3.46. The number of cyclic esters (lactones) is 1. The molecule has 2 saturated heterocycles. The molecule has 2 aliphatic heterocycles. The van der Waals surface area contributed by atoms with Crippen LogP contribution in [0.2, 0.25) is 0 Å². The Balaban J connectivity index is 2.08. The quantitative estimate of drug-likeness (QED) is 0.738. The van der Waals surface area contributed by atoms with Gasteiger partial charge in [-0.15, -0.1) is 0 Å². The van der Waals surface area contributed by atoms with Crippen LogP contribution in [0.1, 0.15) is 45.4 Å². The van der Waals surface area contributed by atoms with Crippen LogP contribution in [-0.2, 0) is 10.7 Å². The van der Waals surface area contributed by atoms with Crippen LogP contribution in [0.15, 0.2) is 35.0 Å². The first-order chi connectivity index (χ1) is 14.7. The van der Waals surface area contributed by atoms with E-state index >= 15 is 0 Å². The summed E-state index contributed by atoms with van der Waals surface area (Å²) in [5.41, 5.74) is 1.52. The minimum atomic E-state index is -3.02. The van der Waals surface area contributed by atoms with Crippen LogP contribution in [0.3, 0.4) is 0 Å². The van der Waals surface area contributed by atoms with Crippen LogP contribution in [0, 0.1) is 0 Å². The number of alkyl halides is 2. The van der Waals surface area contributed by atoms with Gasteiger partial charge >= 0.3 is 6.09 Å². The van der Waals surface area contributed by atoms with Crippen molar-refractivity contribution >= 4 is 23.3 Å². The third-order valence-electron chi connectivity index (χ3n) is 5.25. The molecule has 0 radical (unpaired) electrons. The molecule has 1 aromatic rings. The monoisotopic (exact) mass is 433 g/mol. The van der Waals surface area contributed by atoms with Gasteiger partial charge < -0.3 is 15.0 Å². The number of aliphatic imine (C=N–C) groups is 1. The molecular formula is C22H29F2N5O2. The van der Waals surface area contributed by atoms with Gasteiger partial charge in [-0.1, -0.05) is 13.0 Å². The van der Waals surface area contributed by atoms with Crippen LogP contribution in [0.25, 0.3) is 5.57 Å². The van der Waals surface area contributed by atoms with Gasteiger partial charge in [0.15, 0.2) is 0 Å². The van der Waals surface area contributed by atoms with Gasteiger partial charge in [0.1, 0.15) is 18.3 Å². The molecule has 0 aliphatic carbocycles. The zero-order valence-corrected chi connectivity index (χ0v) is 18.3. The smallest absolute Gasteiger partial charge is 0.413 e. The van der Waals surface area contributed by atoms with Crippen LogP contribution in [0.5, 0.6) is 0 Å². The number of aromatic nitrogens is 1. The lowest BCUT2D eigenvalue weighted by molar-refractivity contribution is 0.0174.